The lowest BCUT2D eigenvalue weighted by Gasteiger charge is -2.33. The van der Waals surface area contributed by atoms with Crippen molar-refractivity contribution in [3.8, 4) is 0 Å². The van der Waals surface area contributed by atoms with E-state index in [2.05, 4.69) is 5.32 Å². The third-order valence-corrected chi connectivity index (χ3v) is 8.62. The molecule has 1 aliphatic heterocycles. The molecule has 8 nitrogen and oxygen atoms in total. The quantitative estimate of drug-likeness (QED) is 0.352. The van der Waals surface area contributed by atoms with Crippen molar-refractivity contribution in [3.63, 3.8) is 0 Å². The number of benzene rings is 2. The zero-order chi connectivity index (χ0) is 34.0. The molecule has 1 saturated heterocycles. The number of hydrogen-bond donors (Lipinski definition) is 1. The van der Waals surface area contributed by atoms with Crippen LogP contribution in [0.4, 0.5) is 46.0 Å². The number of likely N-dealkylation sites (N-methyl/N-ethyl adjacent to an activating group) is 1. The van der Waals surface area contributed by atoms with Gasteiger partial charge in [-0.25, -0.2) is 14.0 Å². The Hall–Kier alpha value is -4.04. The smallest absolute Gasteiger partial charge is 0.416 e. The van der Waals surface area contributed by atoms with E-state index in [1.807, 2.05) is 0 Å². The minimum atomic E-state index is -5.10. The maximum Gasteiger partial charge on any atom is 0.416 e. The fraction of sp³-hybridized carbons (Fsp3) is 0.516. The standard InChI is InChI=1S/C31H35F7N4O4/c1-4-46-28(44)39-23-11-7-19(8-12-23)27(43)42-16-25(18-5-9-22(32)10-6-18)26(17-42)41(3)29(45)40(2)24-14-20(30(33,34)35)13-21(15-24)31(36,37)38/h5-6,9-10,13-15,19,23,25-26H,4,7-8,11-12,16-17H2,1-3H3,(H,39,44)/t19-,23-,25-,26+/m0/s1. The van der Waals surface area contributed by atoms with Gasteiger partial charge in [-0.2, -0.15) is 26.3 Å². The average molecular weight is 661 g/mol. The van der Waals surface area contributed by atoms with Crippen LogP contribution in [0.25, 0.3) is 0 Å². The summed E-state index contributed by atoms with van der Waals surface area (Å²) in [5.41, 5.74) is -3.14. The van der Waals surface area contributed by atoms with Gasteiger partial charge in [0.05, 0.1) is 23.8 Å². The van der Waals surface area contributed by atoms with Gasteiger partial charge in [0.15, 0.2) is 0 Å². The molecule has 0 radical (unpaired) electrons. The molecule has 4 rings (SSSR count). The van der Waals surface area contributed by atoms with Crippen LogP contribution in [0.15, 0.2) is 42.5 Å². The van der Waals surface area contributed by atoms with Gasteiger partial charge in [0.1, 0.15) is 5.82 Å². The number of alkyl halides is 6. The fourth-order valence-corrected chi connectivity index (χ4v) is 6.10. The van der Waals surface area contributed by atoms with Crippen molar-refractivity contribution in [2.75, 3.05) is 38.7 Å². The van der Waals surface area contributed by atoms with Crippen LogP contribution in [0.5, 0.6) is 0 Å². The van der Waals surface area contributed by atoms with E-state index in [4.69, 9.17) is 4.74 Å². The highest BCUT2D eigenvalue weighted by molar-refractivity contribution is 5.92. The Labute approximate surface area is 261 Å². The molecule has 0 spiro atoms. The van der Waals surface area contributed by atoms with E-state index < -0.39 is 59.1 Å². The topological polar surface area (TPSA) is 82.2 Å². The van der Waals surface area contributed by atoms with Crippen LogP contribution >= 0.6 is 0 Å². The molecule has 0 aromatic heterocycles. The molecule has 2 fully saturated rings. The summed E-state index contributed by atoms with van der Waals surface area (Å²) in [6.07, 6.45) is -8.64. The minimum Gasteiger partial charge on any atom is -0.450 e. The number of ether oxygens (including phenoxy) is 1. The van der Waals surface area contributed by atoms with E-state index in [-0.39, 0.29) is 43.6 Å². The summed E-state index contributed by atoms with van der Waals surface area (Å²) in [6, 6.07) is 4.62. The van der Waals surface area contributed by atoms with Crippen LogP contribution < -0.4 is 10.2 Å². The molecule has 1 saturated carbocycles. The number of carbonyl (C=O) groups excluding carboxylic acids is 3. The first-order valence-corrected chi connectivity index (χ1v) is 14.8. The van der Waals surface area contributed by atoms with E-state index >= 15 is 0 Å². The zero-order valence-corrected chi connectivity index (χ0v) is 25.4. The number of rotatable bonds is 6. The number of urea groups is 1. The Bertz CT molecular complexity index is 1380. The number of amides is 4. The van der Waals surface area contributed by atoms with Gasteiger partial charge in [0.25, 0.3) is 0 Å². The minimum absolute atomic E-state index is 0.0169. The molecule has 2 aliphatic rings. The van der Waals surface area contributed by atoms with Crippen LogP contribution in [0.2, 0.25) is 0 Å². The van der Waals surface area contributed by atoms with E-state index in [1.165, 1.54) is 36.2 Å². The predicted molar refractivity (Wildman–Crippen MR) is 153 cm³/mol. The van der Waals surface area contributed by atoms with Crippen molar-refractivity contribution < 1.29 is 49.9 Å². The number of alkyl carbamates (subject to hydrolysis) is 1. The Kier molecular flexibility index (Phi) is 10.4. The van der Waals surface area contributed by atoms with Crippen LogP contribution in [-0.4, -0.2) is 73.7 Å². The largest absolute Gasteiger partial charge is 0.450 e. The molecule has 2 aromatic rings. The molecule has 252 valence electrons. The molecule has 2 atom stereocenters. The maximum atomic E-state index is 13.8. The van der Waals surface area contributed by atoms with E-state index in [0.29, 0.717) is 48.3 Å². The third-order valence-electron chi connectivity index (χ3n) is 8.62. The van der Waals surface area contributed by atoms with E-state index in [0.717, 1.165) is 7.05 Å². The molecule has 15 heteroatoms. The first-order valence-electron chi connectivity index (χ1n) is 14.8. The molecule has 1 aliphatic carbocycles. The van der Waals surface area contributed by atoms with Gasteiger partial charge in [-0.3, -0.25) is 9.69 Å². The maximum absolute atomic E-state index is 13.8. The Morgan fingerprint density at radius 3 is 1.98 bits per heavy atom. The lowest BCUT2D eigenvalue weighted by molar-refractivity contribution is -0.143. The first kappa shape index (κ1) is 34.8. The first-order chi connectivity index (χ1) is 21.5. The van der Waals surface area contributed by atoms with Crippen molar-refractivity contribution in [2.24, 2.45) is 5.92 Å². The van der Waals surface area contributed by atoms with Gasteiger partial charge in [-0.15, -0.1) is 0 Å². The lowest BCUT2D eigenvalue weighted by Crippen LogP contribution is -2.48. The normalized spacial score (nSPS) is 21.9. The van der Waals surface area contributed by atoms with Crippen molar-refractivity contribution >= 4 is 23.7 Å². The Morgan fingerprint density at radius 2 is 1.46 bits per heavy atom. The number of anilines is 1. The second-order valence-corrected chi connectivity index (χ2v) is 11.6. The van der Waals surface area contributed by atoms with Gasteiger partial charge < -0.3 is 19.9 Å². The number of nitrogens with one attached hydrogen (secondary N) is 1. The number of hydrogen-bond acceptors (Lipinski definition) is 4. The number of nitrogens with zero attached hydrogens (tertiary/aromatic N) is 3. The van der Waals surface area contributed by atoms with Crippen molar-refractivity contribution in [1.29, 1.82) is 0 Å². The molecule has 1 heterocycles. The van der Waals surface area contributed by atoms with E-state index in [9.17, 15) is 45.1 Å². The van der Waals surface area contributed by atoms with Crippen LogP contribution in [-0.2, 0) is 21.9 Å². The molecule has 1 N–H and O–H groups in total. The van der Waals surface area contributed by atoms with Gasteiger partial charge in [-0.1, -0.05) is 12.1 Å². The van der Waals surface area contributed by atoms with Crippen molar-refractivity contribution in [1.82, 2.24) is 15.1 Å². The highest BCUT2D eigenvalue weighted by atomic mass is 19.4. The molecular formula is C31H35F7N4O4. The van der Waals surface area contributed by atoms with Crippen LogP contribution in [0.1, 0.15) is 55.2 Å². The van der Waals surface area contributed by atoms with Crippen LogP contribution in [0.3, 0.4) is 0 Å². The highest BCUT2D eigenvalue weighted by Crippen LogP contribution is 2.39. The summed E-state index contributed by atoms with van der Waals surface area (Å²) in [4.78, 5) is 42.5. The molecule has 0 bridgehead atoms. The predicted octanol–water partition coefficient (Wildman–Crippen LogP) is 6.65. The third kappa shape index (κ3) is 8.02. The van der Waals surface area contributed by atoms with Gasteiger partial charge in [-0.05, 0) is 68.5 Å². The van der Waals surface area contributed by atoms with E-state index in [1.54, 1.807) is 11.8 Å². The molecule has 0 unspecified atom stereocenters. The lowest BCUT2D eigenvalue weighted by atomic mass is 9.85. The van der Waals surface area contributed by atoms with Gasteiger partial charge in [0.2, 0.25) is 5.91 Å². The Morgan fingerprint density at radius 1 is 0.891 bits per heavy atom. The second kappa shape index (κ2) is 13.8. The zero-order valence-electron chi connectivity index (χ0n) is 25.4. The molecular weight excluding hydrogens is 625 g/mol. The summed E-state index contributed by atoms with van der Waals surface area (Å²) in [7, 11) is 2.43. The van der Waals surface area contributed by atoms with Crippen molar-refractivity contribution in [2.45, 2.75) is 63.0 Å². The number of halogens is 7. The summed E-state index contributed by atoms with van der Waals surface area (Å²) in [5, 5.41) is 2.77. The molecule has 46 heavy (non-hydrogen) atoms. The average Bonchev–Trinajstić information content (AvgIpc) is 3.45. The van der Waals surface area contributed by atoms with Gasteiger partial charge in [0, 0.05) is 50.7 Å². The van der Waals surface area contributed by atoms with Crippen LogP contribution in [0, 0.1) is 11.7 Å². The second-order valence-electron chi connectivity index (χ2n) is 11.6. The SMILES string of the molecule is CCOC(=O)N[C@H]1CC[C@H](C(=O)N2C[C@@H](N(C)C(=O)N(C)c3cc(C(F)(F)F)cc(C(F)(F)F)c3)[C@H](c3ccc(F)cc3)C2)CC1. The fourth-order valence-electron chi connectivity index (χ4n) is 6.10. The summed E-state index contributed by atoms with van der Waals surface area (Å²) < 4.78 is 99.6. The number of likely N-dealkylation sites (tertiary alicyclic amines) is 1. The summed E-state index contributed by atoms with van der Waals surface area (Å²) in [6.45, 7) is 2.11. The highest BCUT2D eigenvalue weighted by Gasteiger charge is 2.43. The number of carbonyl (C=O) groups is 3. The summed E-state index contributed by atoms with van der Waals surface area (Å²) >= 11 is 0. The van der Waals surface area contributed by atoms with Gasteiger partial charge >= 0.3 is 24.5 Å². The summed E-state index contributed by atoms with van der Waals surface area (Å²) in [5.74, 6) is -1.57. The molecule has 4 amide bonds. The monoisotopic (exact) mass is 660 g/mol. The Balaban J connectivity index is 1.55. The van der Waals surface area contributed by atoms with Crippen molar-refractivity contribution in [3.05, 3.63) is 65.0 Å². The molecule has 2 aromatic carbocycles.